The molecule has 0 atom stereocenters. The van der Waals surface area contributed by atoms with Crippen LogP contribution in [0.2, 0.25) is 0 Å². The van der Waals surface area contributed by atoms with Crippen LogP contribution in [0.25, 0.3) is 10.8 Å². The summed E-state index contributed by atoms with van der Waals surface area (Å²) in [6.45, 7) is 0. The fourth-order valence-corrected chi connectivity index (χ4v) is 2.87. The van der Waals surface area contributed by atoms with Crippen molar-refractivity contribution in [3.8, 4) is 11.5 Å². The molecular weight excluding hydrogens is 356 g/mol. The van der Waals surface area contributed by atoms with Crippen LogP contribution in [0.15, 0.2) is 65.1 Å². The van der Waals surface area contributed by atoms with Gasteiger partial charge < -0.3 is 9.47 Å². The Hall–Kier alpha value is -2.33. The molecule has 23 heavy (non-hydrogen) atoms. The number of carbonyl (C=O) groups is 1. The van der Waals surface area contributed by atoms with Crippen LogP contribution in [0.4, 0.5) is 0 Å². The van der Waals surface area contributed by atoms with Crippen molar-refractivity contribution in [2.24, 2.45) is 0 Å². The lowest BCUT2D eigenvalue weighted by Crippen LogP contribution is -2.11. The minimum absolute atomic E-state index is 0.217. The van der Waals surface area contributed by atoms with Crippen molar-refractivity contribution in [3.05, 3.63) is 70.7 Å². The standard InChI is InChI=1S/C19H15BrO3/c1-22-14-8-6-13(7-9-14)12-19(21)23-18-11-10-17(20)15-4-2-3-5-16(15)18/h2-11H,12H2,1H3. The molecular formula is C19H15BrO3. The number of methoxy groups -OCH3 is 1. The van der Waals surface area contributed by atoms with Gasteiger partial charge in [0.25, 0.3) is 0 Å². The second-order valence-corrected chi connectivity index (χ2v) is 5.94. The number of hydrogen-bond donors (Lipinski definition) is 0. The minimum Gasteiger partial charge on any atom is -0.497 e. The molecule has 3 aromatic rings. The molecule has 116 valence electrons. The predicted octanol–water partition coefficient (Wildman–Crippen LogP) is 4.76. The number of halogens is 1. The molecule has 0 spiro atoms. The number of ether oxygens (including phenoxy) is 2. The van der Waals surface area contributed by atoms with Crippen LogP contribution in [-0.2, 0) is 11.2 Å². The Morgan fingerprint density at radius 2 is 1.65 bits per heavy atom. The highest BCUT2D eigenvalue weighted by Crippen LogP contribution is 2.31. The summed E-state index contributed by atoms with van der Waals surface area (Å²) in [6, 6.07) is 18.9. The number of carbonyl (C=O) groups excluding carboxylic acids is 1. The molecule has 4 heteroatoms. The first-order valence-electron chi connectivity index (χ1n) is 7.18. The summed E-state index contributed by atoms with van der Waals surface area (Å²) < 4.78 is 11.6. The van der Waals surface area contributed by atoms with Crippen molar-refractivity contribution in [2.75, 3.05) is 7.11 Å². The van der Waals surface area contributed by atoms with Crippen LogP contribution in [0.5, 0.6) is 11.5 Å². The molecule has 3 nitrogen and oxygen atoms in total. The fraction of sp³-hybridized carbons (Fsp3) is 0.105. The van der Waals surface area contributed by atoms with E-state index >= 15 is 0 Å². The lowest BCUT2D eigenvalue weighted by Gasteiger charge is -2.09. The molecule has 0 fully saturated rings. The van der Waals surface area contributed by atoms with Crippen LogP contribution in [0, 0.1) is 0 Å². The predicted molar refractivity (Wildman–Crippen MR) is 94.0 cm³/mol. The summed E-state index contributed by atoms with van der Waals surface area (Å²) in [4.78, 5) is 12.2. The average molecular weight is 371 g/mol. The maximum absolute atomic E-state index is 12.2. The van der Waals surface area contributed by atoms with Gasteiger partial charge in [-0.2, -0.15) is 0 Å². The smallest absolute Gasteiger partial charge is 0.315 e. The maximum atomic E-state index is 12.2. The SMILES string of the molecule is COc1ccc(CC(=O)Oc2ccc(Br)c3ccccc23)cc1. The zero-order chi connectivity index (χ0) is 16.2. The Morgan fingerprint density at radius 3 is 2.35 bits per heavy atom. The summed E-state index contributed by atoms with van der Waals surface area (Å²) in [7, 11) is 1.61. The van der Waals surface area contributed by atoms with Gasteiger partial charge >= 0.3 is 5.97 Å². The van der Waals surface area contributed by atoms with Crippen molar-refractivity contribution >= 4 is 32.7 Å². The van der Waals surface area contributed by atoms with Gasteiger partial charge in [0, 0.05) is 9.86 Å². The van der Waals surface area contributed by atoms with Crippen molar-refractivity contribution in [1.82, 2.24) is 0 Å². The Bertz CT molecular complexity index is 841. The monoisotopic (exact) mass is 370 g/mol. The molecule has 0 aliphatic rings. The molecule has 0 radical (unpaired) electrons. The summed E-state index contributed by atoms with van der Waals surface area (Å²) >= 11 is 3.51. The molecule has 0 aliphatic carbocycles. The van der Waals surface area contributed by atoms with Crippen LogP contribution in [0.1, 0.15) is 5.56 Å². The van der Waals surface area contributed by atoms with E-state index in [1.807, 2.05) is 54.6 Å². The van der Waals surface area contributed by atoms with Crippen molar-refractivity contribution in [1.29, 1.82) is 0 Å². The molecule has 0 N–H and O–H groups in total. The molecule has 0 amide bonds. The van der Waals surface area contributed by atoms with E-state index in [0.29, 0.717) is 5.75 Å². The van der Waals surface area contributed by atoms with Gasteiger partial charge in [0.05, 0.1) is 13.5 Å². The number of hydrogen-bond acceptors (Lipinski definition) is 3. The Labute approximate surface area is 143 Å². The van der Waals surface area contributed by atoms with Crippen LogP contribution >= 0.6 is 15.9 Å². The molecule has 3 aromatic carbocycles. The molecule has 0 heterocycles. The molecule has 3 rings (SSSR count). The third-order valence-electron chi connectivity index (χ3n) is 3.56. The zero-order valence-corrected chi connectivity index (χ0v) is 14.2. The van der Waals surface area contributed by atoms with Gasteiger partial charge in [-0.05, 0) is 35.2 Å². The molecule has 0 saturated carbocycles. The molecule has 0 bridgehead atoms. The van der Waals surface area contributed by atoms with E-state index < -0.39 is 0 Å². The normalized spacial score (nSPS) is 10.5. The summed E-state index contributed by atoms with van der Waals surface area (Å²) in [5.74, 6) is 1.05. The molecule has 0 saturated heterocycles. The largest absolute Gasteiger partial charge is 0.497 e. The van der Waals surface area contributed by atoms with E-state index in [9.17, 15) is 4.79 Å². The third-order valence-corrected chi connectivity index (χ3v) is 4.25. The molecule has 0 aromatic heterocycles. The molecule has 0 unspecified atom stereocenters. The summed E-state index contributed by atoms with van der Waals surface area (Å²) in [6.07, 6.45) is 0.217. The van der Waals surface area contributed by atoms with Gasteiger partial charge in [-0.25, -0.2) is 0 Å². The first-order chi connectivity index (χ1) is 11.2. The first kappa shape index (κ1) is 15.6. The first-order valence-corrected chi connectivity index (χ1v) is 7.97. The minimum atomic E-state index is -0.289. The summed E-state index contributed by atoms with van der Waals surface area (Å²) in [5.41, 5.74) is 0.886. The molecule has 0 aliphatic heterocycles. The highest BCUT2D eigenvalue weighted by atomic mass is 79.9. The van der Waals surface area contributed by atoms with Gasteiger partial charge in [0.1, 0.15) is 11.5 Å². The van der Waals surface area contributed by atoms with Gasteiger partial charge in [0.15, 0.2) is 0 Å². The van der Waals surface area contributed by atoms with E-state index in [2.05, 4.69) is 15.9 Å². The van der Waals surface area contributed by atoms with Gasteiger partial charge in [0.2, 0.25) is 0 Å². The second-order valence-electron chi connectivity index (χ2n) is 5.09. The van der Waals surface area contributed by atoms with Crippen molar-refractivity contribution in [3.63, 3.8) is 0 Å². The fourth-order valence-electron chi connectivity index (χ4n) is 2.39. The average Bonchev–Trinajstić information content (AvgIpc) is 2.58. The lowest BCUT2D eigenvalue weighted by atomic mass is 10.1. The van der Waals surface area contributed by atoms with Gasteiger partial charge in [-0.15, -0.1) is 0 Å². The van der Waals surface area contributed by atoms with Crippen LogP contribution in [0.3, 0.4) is 0 Å². The Balaban J connectivity index is 1.79. The van der Waals surface area contributed by atoms with Gasteiger partial charge in [-0.1, -0.05) is 52.3 Å². The topological polar surface area (TPSA) is 35.5 Å². The Morgan fingerprint density at radius 1 is 0.957 bits per heavy atom. The van der Waals surface area contributed by atoms with E-state index in [1.165, 1.54) is 0 Å². The van der Waals surface area contributed by atoms with E-state index in [1.54, 1.807) is 13.2 Å². The number of fused-ring (bicyclic) bond motifs is 1. The van der Waals surface area contributed by atoms with E-state index in [-0.39, 0.29) is 12.4 Å². The van der Waals surface area contributed by atoms with Crippen molar-refractivity contribution < 1.29 is 14.3 Å². The number of rotatable bonds is 4. The lowest BCUT2D eigenvalue weighted by molar-refractivity contribution is -0.133. The highest BCUT2D eigenvalue weighted by molar-refractivity contribution is 9.10. The zero-order valence-electron chi connectivity index (χ0n) is 12.6. The van der Waals surface area contributed by atoms with E-state index in [4.69, 9.17) is 9.47 Å². The third kappa shape index (κ3) is 3.54. The highest BCUT2D eigenvalue weighted by Gasteiger charge is 2.10. The summed E-state index contributed by atoms with van der Waals surface area (Å²) in [5, 5.41) is 1.92. The Kier molecular flexibility index (Phi) is 4.63. The van der Waals surface area contributed by atoms with Crippen LogP contribution in [-0.4, -0.2) is 13.1 Å². The number of esters is 1. The van der Waals surface area contributed by atoms with E-state index in [0.717, 1.165) is 26.6 Å². The number of benzene rings is 3. The second kappa shape index (κ2) is 6.84. The maximum Gasteiger partial charge on any atom is 0.315 e. The van der Waals surface area contributed by atoms with Crippen LogP contribution < -0.4 is 9.47 Å². The quantitative estimate of drug-likeness (QED) is 0.490. The van der Waals surface area contributed by atoms with Crippen molar-refractivity contribution in [2.45, 2.75) is 6.42 Å². The van der Waals surface area contributed by atoms with Gasteiger partial charge in [-0.3, -0.25) is 4.79 Å².